The molecule has 1 aromatic heterocycles. The second-order valence-electron chi connectivity index (χ2n) is 6.79. The number of piperazine rings is 1. The summed E-state index contributed by atoms with van der Waals surface area (Å²) < 4.78 is 0. The summed E-state index contributed by atoms with van der Waals surface area (Å²) in [6.07, 6.45) is 0. The van der Waals surface area contributed by atoms with E-state index in [0.29, 0.717) is 46.9 Å². The molecule has 3 aromatic rings. The number of anilines is 2. The first-order valence-electron chi connectivity index (χ1n) is 9.36. The van der Waals surface area contributed by atoms with Crippen LogP contribution in [0.2, 0.25) is 15.1 Å². The number of carbonyl (C=O) groups is 1. The van der Waals surface area contributed by atoms with Crippen molar-refractivity contribution in [1.82, 2.24) is 15.1 Å². The smallest absolute Gasteiger partial charge is 0.321 e. The van der Waals surface area contributed by atoms with E-state index in [-0.39, 0.29) is 6.03 Å². The molecule has 1 fully saturated rings. The lowest BCUT2D eigenvalue weighted by molar-refractivity contribution is 0.208. The first-order valence-corrected chi connectivity index (χ1v) is 10.5. The Hall–Kier alpha value is -2.54. The molecule has 154 valence electrons. The molecule has 0 atom stereocenters. The van der Waals surface area contributed by atoms with Gasteiger partial charge in [-0.05, 0) is 36.4 Å². The number of hydrogen-bond donors (Lipinski definition) is 1. The fraction of sp³-hybridized carbons (Fsp3) is 0.190. The van der Waals surface area contributed by atoms with Gasteiger partial charge in [0.25, 0.3) is 0 Å². The Kier molecular flexibility index (Phi) is 6.27. The monoisotopic (exact) mass is 461 g/mol. The minimum absolute atomic E-state index is 0.173. The molecule has 0 aliphatic carbocycles. The second-order valence-corrected chi connectivity index (χ2v) is 8.01. The van der Waals surface area contributed by atoms with Gasteiger partial charge in [0.05, 0.1) is 20.8 Å². The number of aromatic nitrogens is 2. The van der Waals surface area contributed by atoms with E-state index >= 15 is 0 Å². The lowest BCUT2D eigenvalue weighted by atomic mass is 10.1. The highest BCUT2D eigenvalue weighted by Gasteiger charge is 2.22. The van der Waals surface area contributed by atoms with Gasteiger partial charge in [-0.1, -0.05) is 53.0 Å². The van der Waals surface area contributed by atoms with E-state index < -0.39 is 0 Å². The van der Waals surface area contributed by atoms with Gasteiger partial charge in [0.2, 0.25) is 0 Å². The predicted molar refractivity (Wildman–Crippen MR) is 122 cm³/mol. The number of rotatable bonds is 3. The van der Waals surface area contributed by atoms with Crippen LogP contribution in [0.1, 0.15) is 0 Å². The number of nitrogens with one attached hydrogen (secondary N) is 1. The van der Waals surface area contributed by atoms with Gasteiger partial charge in [0.1, 0.15) is 0 Å². The Morgan fingerprint density at radius 1 is 0.833 bits per heavy atom. The lowest BCUT2D eigenvalue weighted by Gasteiger charge is -2.35. The lowest BCUT2D eigenvalue weighted by Crippen LogP contribution is -2.50. The minimum atomic E-state index is -0.173. The van der Waals surface area contributed by atoms with Gasteiger partial charge in [0.15, 0.2) is 5.82 Å². The van der Waals surface area contributed by atoms with Crippen LogP contribution in [0, 0.1) is 0 Å². The first-order chi connectivity index (χ1) is 14.5. The van der Waals surface area contributed by atoms with Gasteiger partial charge >= 0.3 is 6.03 Å². The Morgan fingerprint density at radius 3 is 2.27 bits per heavy atom. The molecule has 0 bridgehead atoms. The number of carbonyl (C=O) groups excluding carboxylic acids is 1. The van der Waals surface area contributed by atoms with Crippen LogP contribution in [0.4, 0.5) is 16.3 Å². The Bertz CT molecular complexity index is 1050. The fourth-order valence-electron chi connectivity index (χ4n) is 3.22. The van der Waals surface area contributed by atoms with Gasteiger partial charge in [-0.2, -0.15) is 0 Å². The normalized spacial score (nSPS) is 14.0. The average Bonchev–Trinajstić information content (AvgIpc) is 2.77. The largest absolute Gasteiger partial charge is 0.352 e. The molecule has 0 spiro atoms. The topological polar surface area (TPSA) is 61.4 Å². The maximum atomic E-state index is 12.5. The molecule has 6 nitrogen and oxygen atoms in total. The van der Waals surface area contributed by atoms with Crippen LogP contribution in [0.3, 0.4) is 0 Å². The third-order valence-electron chi connectivity index (χ3n) is 4.86. The van der Waals surface area contributed by atoms with E-state index in [0.717, 1.165) is 17.1 Å². The van der Waals surface area contributed by atoms with Crippen LogP contribution >= 0.6 is 34.8 Å². The minimum Gasteiger partial charge on any atom is -0.352 e. The van der Waals surface area contributed by atoms with Crippen LogP contribution in [-0.4, -0.2) is 47.3 Å². The molecule has 9 heteroatoms. The zero-order valence-corrected chi connectivity index (χ0v) is 18.1. The summed E-state index contributed by atoms with van der Waals surface area (Å²) in [6, 6.07) is 16.2. The van der Waals surface area contributed by atoms with Gasteiger partial charge in [-0.25, -0.2) is 4.79 Å². The molecule has 2 heterocycles. The van der Waals surface area contributed by atoms with Crippen LogP contribution in [0.5, 0.6) is 0 Å². The molecule has 30 heavy (non-hydrogen) atoms. The molecule has 4 rings (SSSR count). The quantitative estimate of drug-likeness (QED) is 0.561. The van der Waals surface area contributed by atoms with Crippen molar-refractivity contribution >= 4 is 52.3 Å². The van der Waals surface area contributed by atoms with E-state index in [1.807, 2.05) is 36.4 Å². The average molecular weight is 463 g/mol. The highest BCUT2D eigenvalue weighted by atomic mass is 35.5. The van der Waals surface area contributed by atoms with E-state index in [4.69, 9.17) is 34.8 Å². The van der Waals surface area contributed by atoms with Crippen LogP contribution in [0.25, 0.3) is 11.3 Å². The number of hydrogen-bond acceptors (Lipinski definition) is 4. The zero-order valence-electron chi connectivity index (χ0n) is 15.9. The van der Waals surface area contributed by atoms with Crippen LogP contribution in [0.15, 0.2) is 54.6 Å². The summed E-state index contributed by atoms with van der Waals surface area (Å²) in [5, 5.41) is 13.0. The summed E-state index contributed by atoms with van der Waals surface area (Å²) in [5.41, 5.74) is 2.18. The maximum Gasteiger partial charge on any atom is 0.321 e. The summed E-state index contributed by atoms with van der Waals surface area (Å²) >= 11 is 18.2. The van der Waals surface area contributed by atoms with Gasteiger partial charge in [0, 0.05) is 37.4 Å². The zero-order chi connectivity index (χ0) is 21.1. The van der Waals surface area contributed by atoms with Crippen molar-refractivity contribution in [2.75, 3.05) is 36.4 Å². The molecule has 2 amide bonds. The molecule has 1 N–H and O–H groups in total. The van der Waals surface area contributed by atoms with E-state index in [1.54, 1.807) is 23.1 Å². The number of nitrogens with zero attached hydrogens (tertiary/aromatic N) is 4. The van der Waals surface area contributed by atoms with Crippen LogP contribution in [-0.2, 0) is 0 Å². The van der Waals surface area contributed by atoms with E-state index in [2.05, 4.69) is 20.4 Å². The Labute approximate surface area is 189 Å². The molecular weight excluding hydrogens is 445 g/mol. The summed E-state index contributed by atoms with van der Waals surface area (Å²) in [4.78, 5) is 16.4. The van der Waals surface area contributed by atoms with Crippen molar-refractivity contribution in [1.29, 1.82) is 0 Å². The van der Waals surface area contributed by atoms with Crippen molar-refractivity contribution in [3.05, 3.63) is 69.7 Å². The molecule has 2 aromatic carbocycles. The number of urea groups is 1. The number of halogens is 3. The summed E-state index contributed by atoms with van der Waals surface area (Å²) in [7, 11) is 0. The molecule has 0 unspecified atom stereocenters. The van der Waals surface area contributed by atoms with Crippen molar-refractivity contribution < 1.29 is 4.79 Å². The standard InChI is InChI=1S/C21H18Cl3N5O/c22-16-4-2-1-3-15(16)19-7-8-20(27-26-19)28-9-11-29(12-10-28)21(30)25-14-5-6-17(23)18(24)13-14/h1-8,13H,9-12H2,(H,25,30). The second kappa shape index (κ2) is 9.08. The first kappa shape index (κ1) is 20.7. The molecular formula is C21H18Cl3N5O. The summed E-state index contributed by atoms with van der Waals surface area (Å²) in [6.45, 7) is 2.46. The van der Waals surface area contributed by atoms with Crippen molar-refractivity contribution in [3.8, 4) is 11.3 Å². The number of benzene rings is 2. The third-order valence-corrected chi connectivity index (χ3v) is 5.93. The maximum absolute atomic E-state index is 12.5. The molecule has 0 saturated carbocycles. The highest BCUT2D eigenvalue weighted by molar-refractivity contribution is 6.42. The van der Waals surface area contributed by atoms with Crippen LogP contribution < -0.4 is 10.2 Å². The van der Waals surface area contributed by atoms with E-state index in [9.17, 15) is 4.79 Å². The molecule has 1 aliphatic rings. The third kappa shape index (κ3) is 4.61. The molecule has 1 aliphatic heterocycles. The van der Waals surface area contributed by atoms with Crippen molar-refractivity contribution in [2.24, 2.45) is 0 Å². The van der Waals surface area contributed by atoms with Gasteiger partial charge in [-0.3, -0.25) is 0 Å². The fourth-order valence-corrected chi connectivity index (χ4v) is 3.75. The van der Waals surface area contributed by atoms with Gasteiger partial charge < -0.3 is 15.1 Å². The van der Waals surface area contributed by atoms with Crippen molar-refractivity contribution in [2.45, 2.75) is 0 Å². The Morgan fingerprint density at radius 2 is 1.60 bits per heavy atom. The van der Waals surface area contributed by atoms with E-state index in [1.165, 1.54) is 0 Å². The molecule has 0 radical (unpaired) electrons. The SMILES string of the molecule is O=C(Nc1ccc(Cl)c(Cl)c1)N1CCN(c2ccc(-c3ccccc3Cl)nn2)CC1. The summed E-state index contributed by atoms with van der Waals surface area (Å²) in [5.74, 6) is 0.773. The Balaban J connectivity index is 1.35. The number of amides is 2. The molecule has 1 saturated heterocycles. The van der Waals surface area contributed by atoms with Crippen molar-refractivity contribution in [3.63, 3.8) is 0 Å². The highest BCUT2D eigenvalue weighted by Crippen LogP contribution is 2.27. The van der Waals surface area contributed by atoms with Gasteiger partial charge in [-0.15, -0.1) is 10.2 Å². The predicted octanol–water partition coefficient (Wildman–Crippen LogP) is 5.46.